The molecule has 2 aromatic heterocycles. The molecule has 0 unspecified atom stereocenters. The predicted octanol–water partition coefficient (Wildman–Crippen LogP) is 2.45. The summed E-state index contributed by atoms with van der Waals surface area (Å²) in [5, 5.41) is 0. The first kappa shape index (κ1) is 8.74. The topological polar surface area (TPSA) is 56.2 Å². The minimum atomic E-state index is -0.146. The molecule has 0 bridgehead atoms. The minimum absolute atomic E-state index is 0.146. The third-order valence-electron chi connectivity index (χ3n) is 1.80. The van der Waals surface area contributed by atoms with Gasteiger partial charge in [-0.25, -0.2) is 4.98 Å². The maximum Gasteiger partial charge on any atom is 0.263 e. The van der Waals surface area contributed by atoms with Crippen molar-refractivity contribution in [3.05, 3.63) is 29.9 Å². The molecular weight excluding hydrogens is 182 g/mol. The van der Waals surface area contributed by atoms with E-state index in [0.717, 1.165) is 5.76 Å². The number of furan rings is 1. The van der Waals surface area contributed by atoms with E-state index in [4.69, 9.17) is 8.83 Å². The lowest BCUT2D eigenvalue weighted by atomic mass is 10.4. The quantitative estimate of drug-likeness (QED) is 0.684. The van der Waals surface area contributed by atoms with Crippen LogP contribution in [0.2, 0.25) is 0 Å². The fourth-order valence-electron chi connectivity index (χ4n) is 1.10. The van der Waals surface area contributed by atoms with Crippen molar-refractivity contribution in [3.63, 3.8) is 0 Å². The molecule has 0 spiro atoms. The molecule has 2 aromatic rings. The summed E-state index contributed by atoms with van der Waals surface area (Å²) in [6.07, 6.45) is 1.40. The van der Waals surface area contributed by atoms with Crippen molar-refractivity contribution in [1.82, 2.24) is 4.98 Å². The van der Waals surface area contributed by atoms with Gasteiger partial charge in [-0.3, -0.25) is 4.79 Å². The van der Waals surface area contributed by atoms with Gasteiger partial charge in [0.1, 0.15) is 5.76 Å². The molecule has 0 fully saturated rings. The standard InChI is InChI=1S/C10H9NO3/c1-6-3-4-8(13-6)10-11-5-9(14-10)7(2)12/h3-5H,1-2H3. The fourth-order valence-corrected chi connectivity index (χ4v) is 1.10. The number of carbonyl (C=O) groups excluding carboxylic acids is 1. The van der Waals surface area contributed by atoms with E-state index in [9.17, 15) is 4.79 Å². The molecule has 0 atom stereocenters. The summed E-state index contributed by atoms with van der Waals surface area (Å²) >= 11 is 0. The lowest BCUT2D eigenvalue weighted by Gasteiger charge is -1.87. The van der Waals surface area contributed by atoms with Crippen LogP contribution in [-0.4, -0.2) is 10.8 Å². The Kier molecular flexibility index (Phi) is 1.96. The summed E-state index contributed by atoms with van der Waals surface area (Å²) in [6, 6.07) is 3.57. The molecule has 2 rings (SSSR count). The van der Waals surface area contributed by atoms with Crippen LogP contribution in [0.5, 0.6) is 0 Å². The average molecular weight is 191 g/mol. The van der Waals surface area contributed by atoms with E-state index in [1.807, 2.05) is 13.0 Å². The average Bonchev–Trinajstić information content (AvgIpc) is 2.70. The van der Waals surface area contributed by atoms with Crippen molar-refractivity contribution >= 4 is 5.78 Å². The molecule has 0 radical (unpaired) electrons. The van der Waals surface area contributed by atoms with Crippen LogP contribution < -0.4 is 0 Å². The van der Waals surface area contributed by atoms with Crippen LogP contribution in [0.25, 0.3) is 11.7 Å². The zero-order valence-corrected chi connectivity index (χ0v) is 7.90. The van der Waals surface area contributed by atoms with Gasteiger partial charge in [-0.2, -0.15) is 0 Å². The third-order valence-corrected chi connectivity index (χ3v) is 1.80. The van der Waals surface area contributed by atoms with Crippen molar-refractivity contribution in [1.29, 1.82) is 0 Å². The largest absolute Gasteiger partial charge is 0.456 e. The summed E-state index contributed by atoms with van der Waals surface area (Å²) in [4.78, 5) is 14.9. The van der Waals surface area contributed by atoms with Crippen LogP contribution in [-0.2, 0) is 0 Å². The first-order valence-electron chi connectivity index (χ1n) is 4.20. The number of aryl methyl sites for hydroxylation is 1. The van der Waals surface area contributed by atoms with Crippen molar-refractivity contribution in [2.45, 2.75) is 13.8 Å². The molecule has 72 valence electrons. The monoisotopic (exact) mass is 191 g/mol. The van der Waals surface area contributed by atoms with E-state index >= 15 is 0 Å². The van der Waals surface area contributed by atoms with Crippen LogP contribution in [0.4, 0.5) is 0 Å². The second-order valence-corrected chi connectivity index (χ2v) is 3.00. The Morgan fingerprint density at radius 3 is 2.64 bits per heavy atom. The van der Waals surface area contributed by atoms with Crippen LogP contribution in [0.1, 0.15) is 23.2 Å². The van der Waals surface area contributed by atoms with Gasteiger partial charge in [0.15, 0.2) is 17.3 Å². The smallest absolute Gasteiger partial charge is 0.263 e. The zero-order chi connectivity index (χ0) is 10.1. The number of nitrogens with zero attached hydrogens (tertiary/aromatic N) is 1. The van der Waals surface area contributed by atoms with Gasteiger partial charge >= 0.3 is 0 Å². The van der Waals surface area contributed by atoms with Gasteiger partial charge in [-0.1, -0.05) is 0 Å². The molecule has 0 aliphatic carbocycles. The summed E-state index contributed by atoms with van der Waals surface area (Å²) in [5.41, 5.74) is 0. The maximum absolute atomic E-state index is 10.9. The van der Waals surface area contributed by atoms with Crippen molar-refractivity contribution < 1.29 is 13.6 Å². The minimum Gasteiger partial charge on any atom is -0.456 e. The Morgan fingerprint density at radius 2 is 2.14 bits per heavy atom. The van der Waals surface area contributed by atoms with E-state index in [0.29, 0.717) is 11.7 Å². The van der Waals surface area contributed by atoms with Gasteiger partial charge in [-0.05, 0) is 19.1 Å². The number of hydrogen-bond donors (Lipinski definition) is 0. The van der Waals surface area contributed by atoms with E-state index < -0.39 is 0 Å². The summed E-state index contributed by atoms with van der Waals surface area (Å²) < 4.78 is 10.5. The molecule has 0 aliphatic rings. The molecule has 14 heavy (non-hydrogen) atoms. The van der Waals surface area contributed by atoms with Crippen molar-refractivity contribution in [3.8, 4) is 11.7 Å². The summed E-state index contributed by atoms with van der Waals surface area (Å²) in [7, 11) is 0. The lowest BCUT2D eigenvalue weighted by molar-refractivity contribution is 0.0988. The van der Waals surface area contributed by atoms with Gasteiger partial charge in [0.25, 0.3) is 5.89 Å². The molecule has 0 saturated carbocycles. The van der Waals surface area contributed by atoms with Gasteiger partial charge in [0.05, 0.1) is 6.20 Å². The molecule has 0 N–H and O–H groups in total. The molecule has 0 saturated heterocycles. The molecule has 0 amide bonds. The lowest BCUT2D eigenvalue weighted by Crippen LogP contribution is -1.85. The number of aromatic nitrogens is 1. The number of Topliss-reactive ketones (excluding diaryl/α,β-unsaturated/α-hetero) is 1. The van der Waals surface area contributed by atoms with Gasteiger partial charge < -0.3 is 8.83 Å². The maximum atomic E-state index is 10.9. The normalized spacial score (nSPS) is 10.4. The highest BCUT2D eigenvalue weighted by Crippen LogP contribution is 2.21. The first-order chi connectivity index (χ1) is 6.66. The third kappa shape index (κ3) is 1.46. The Labute approximate surface area is 80.6 Å². The fraction of sp³-hybridized carbons (Fsp3) is 0.200. The SMILES string of the molecule is CC(=O)c1cnc(-c2ccc(C)o2)o1. The van der Waals surface area contributed by atoms with Crippen LogP contribution >= 0.6 is 0 Å². The van der Waals surface area contributed by atoms with Crippen molar-refractivity contribution in [2.75, 3.05) is 0 Å². The number of hydrogen-bond acceptors (Lipinski definition) is 4. The van der Waals surface area contributed by atoms with Crippen LogP contribution in [0, 0.1) is 6.92 Å². The Hall–Kier alpha value is -1.84. The second-order valence-electron chi connectivity index (χ2n) is 3.00. The number of rotatable bonds is 2. The molecule has 0 aromatic carbocycles. The van der Waals surface area contributed by atoms with E-state index in [1.165, 1.54) is 13.1 Å². The van der Waals surface area contributed by atoms with Gasteiger partial charge in [0, 0.05) is 6.92 Å². The van der Waals surface area contributed by atoms with E-state index in [2.05, 4.69) is 4.98 Å². The highest BCUT2D eigenvalue weighted by molar-refractivity contribution is 5.91. The summed E-state index contributed by atoms with van der Waals surface area (Å²) in [6.45, 7) is 3.26. The molecule has 4 nitrogen and oxygen atoms in total. The molecule has 2 heterocycles. The number of carbonyl (C=O) groups is 1. The Balaban J connectivity index is 2.38. The Bertz CT molecular complexity index is 467. The van der Waals surface area contributed by atoms with Gasteiger partial charge in [-0.15, -0.1) is 0 Å². The molecule has 4 heteroatoms. The number of ketones is 1. The second kappa shape index (κ2) is 3.14. The molecule has 0 aliphatic heterocycles. The van der Waals surface area contributed by atoms with E-state index in [1.54, 1.807) is 6.07 Å². The highest BCUT2D eigenvalue weighted by atomic mass is 16.4. The Morgan fingerprint density at radius 1 is 1.36 bits per heavy atom. The zero-order valence-electron chi connectivity index (χ0n) is 7.90. The van der Waals surface area contributed by atoms with E-state index in [-0.39, 0.29) is 11.5 Å². The number of oxazole rings is 1. The predicted molar refractivity (Wildman–Crippen MR) is 48.9 cm³/mol. The van der Waals surface area contributed by atoms with Gasteiger partial charge in [0.2, 0.25) is 0 Å². The molecular formula is C10H9NO3. The van der Waals surface area contributed by atoms with Crippen molar-refractivity contribution in [2.24, 2.45) is 0 Å². The summed E-state index contributed by atoms with van der Waals surface area (Å²) in [5.74, 6) is 1.75. The highest BCUT2D eigenvalue weighted by Gasteiger charge is 2.12. The van der Waals surface area contributed by atoms with Crippen LogP contribution in [0.15, 0.2) is 27.2 Å². The first-order valence-corrected chi connectivity index (χ1v) is 4.20. The van der Waals surface area contributed by atoms with Crippen LogP contribution in [0.3, 0.4) is 0 Å².